The van der Waals surface area contributed by atoms with Crippen LogP contribution in [-0.4, -0.2) is 25.0 Å². The van der Waals surface area contributed by atoms with Crippen molar-refractivity contribution in [3.05, 3.63) is 28.2 Å². The Balaban J connectivity index is 2.27. The maximum Gasteiger partial charge on any atom is 0.248 e. The predicted molar refractivity (Wildman–Crippen MR) is 81.2 cm³/mol. The minimum atomic E-state index is -0.404. The third kappa shape index (κ3) is 3.09. The number of halogens is 1. The van der Waals surface area contributed by atoms with E-state index in [0.717, 1.165) is 29.7 Å². The molecule has 1 saturated heterocycles. The molecule has 104 valence electrons. The monoisotopic (exact) mass is 325 g/mol. The van der Waals surface area contributed by atoms with Crippen molar-refractivity contribution in [3.8, 4) is 0 Å². The quantitative estimate of drug-likeness (QED) is 0.894. The normalized spacial score (nSPS) is 23.4. The maximum atomic E-state index is 11.2. The number of nitrogens with two attached hydrogens (primary N) is 2. The van der Waals surface area contributed by atoms with E-state index in [9.17, 15) is 4.79 Å². The summed E-state index contributed by atoms with van der Waals surface area (Å²) in [5.41, 5.74) is 12.7. The second kappa shape index (κ2) is 5.92. The van der Waals surface area contributed by atoms with Gasteiger partial charge in [-0.05, 0) is 66.4 Å². The van der Waals surface area contributed by atoms with Crippen LogP contribution in [0.15, 0.2) is 22.7 Å². The Morgan fingerprint density at radius 2 is 2.21 bits per heavy atom. The second-order valence-electron chi connectivity index (χ2n) is 5.21. The van der Waals surface area contributed by atoms with Crippen LogP contribution in [-0.2, 0) is 0 Å². The smallest absolute Gasteiger partial charge is 0.248 e. The lowest BCUT2D eigenvalue weighted by molar-refractivity contribution is 0.100. The van der Waals surface area contributed by atoms with E-state index in [1.165, 1.54) is 6.42 Å². The van der Waals surface area contributed by atoms with Crippen LogP contribution in [0.3, 0.4) is 0 Å². The molecule has 4 N–H and O–H groups in total. The van der Waals surface area contributed by atoms with Crippen LogP contribution >= 0.6 is 15.9 Å². The average molecular weight is 326 g/mol. The van der Waals surface area contributed by atoms with Gasteiger partial charge in [0.25, 0.3) is 0 Å². The molecule has 1 aliphatic rings. The molecule has 0 bridgehead atoms. The average Bonchev–Trinajstić information content (AvgIpc) is 2.39. The molecule has 0 spiro atoms. The van der Waals surface area contributed by atoms with E-state index in [2.05, 4.69) is 27.8 Å². The first kappa shape index (κ1) is 14.3. The fourth-order valence-electron chi connectivity index (χ4n) is 2.60. The number of hydrogen-bond acceptors (Lipinski definition) is 3. The van der Waals surface area contributed by atoms with Crippen molar-refractivity contribution in [1.82, 2.24) is 0 Å². The van der Waals surface area contributed by atoms with Crippen molar-refractivity contribution in [2.45, 2.75) is 25.8 Å². The van der Waals surface area contributed by atoms with Crippen molar-refractivity contribution in [3.63, 3.8) is 0 Å². The molecule has 2 unspecified atom stereocenters. The summed E-state index contributed by atoms with van der Waals surface area (Å²) in [5.74, 6) is 0.137. The Morgan fingerprint density at radius 3 is 2.79 bits per heavy atom. The SMILES string of the molecule is CC1CCC(CN)CN1c1ccc(C(N)=O)cc1Br. The first-order valence-electron chi connectivity index (χ1n) is 6.59. The summed E-state index contributed by atoms with van der Waals surface area (Å²) in [6.07, 6.45) is 2.33. The van der Waals surface area contributed by atoms with Crippen LogP contribution in [0, 0.1) is 5.92 Å². The molecule has 0 aromatic heterocycles. The summed E-state index contributed by atoms with van der Waals surface area (Å²) in [6, 6.07) is 6.01. The molecule has 1 aromatic carbocycles. The number of nitrogens with zero attached hydrogens (tertiary/aromatic N) is 1. The topological polar surface area (TPSA) is 72.3 Å². The largest absolute Gasteiger partial charge is 0.368 e. The molecule has 0 saturated carbocycles. The number of carbonyl (C=O) groups excluding carboxylic acids is 1. The molecule has 0 radical (unpaired) electrons. The zero-order valence-electron chi connectivity index (χ0n) is 11.1. The standard InChI is InChI=1S/C14H20BrN3O/c1-9-2-3-10(7-16)8-18(9)13-5-4-11(14(17)19)6-12(13)15/h4-6,9-10H,2-3,7-8,16H2,1H3,(H2,17,19). The van der Waals surface area contributed by atoms with Crippen LogP contribution in [0.5, 0.6) is 0 Å². The van der Waals surface area contributed by atoms with Gasteiger partial charge in [0, 0.05) is 22.6 Å². The maximum absolute atomic E-state index is 11.2. The highest BCUT2D eigenvalue weighted by molar-refractivity contribution is 9.10. The van der Waals surface area contributed by atoms with Crippen molar-refractivity contribution in [2.75, 3.05) is 18.0 Å². The number of primary amides is 1. The third-order valence-electron chi connectivity index (χ3n) is 3.85. The molecule has 1 amide bonds. The Bertz CT molecular complexity index is 478. The van der Waals surface area contributed by atoms with E-state index < -0.39 is 5.91 Å². The Labute approximate surface area is 122 Å². The highest BCUT2D eigenvalue weighted by Gasteiger charge is 2.26. The minimum absolute atomic E-state index is 0.404. The van der Waals surface area contributed by atoms with Gasteiger partial charge in [0.15, 0.2) is 0 Å². The van der Waals surface area contributed by atoms with Crippen LogP contribution in [0.4, 0.5) is 5.69 Å². The molecule has 1 heterocycles. The van der Waals surface area contributed by atoms with Crippen molar-refractivity contribution < 1.29 is 4.79 Å². The second-order valence-corrected chi connectivity index (χ2v) is 6.07. The summed E-state index contributed by atoms with van der Waals surface area (Å²) in [4.78, 5) is 13.5. The molecule has 2 rings (SSSR count). The van der Waals surface area contributed by atoms with Crippen molar-refractivity contribution >= 4 is 27.5 Å². The van der Waals surface area contributed by atoms with Crippen LogP contribution in [0.25, 0.3) is 0 Å². The lowest BCUT2D eigenvalue weighted by Crippen LogP contribution is -2.44. The zero-order valence-corrected chi connectivity index (χ0v) is 12.7. The lowest BCUT2D eigenvalue weighted by Gasteiger charge is -2.40. The van der Waals surface area contributed by atoms with Crippen molar-refractivity contribution in [2.24, 2.45) is 17.4 Å². The van der Waals surface area contributed by atoms with Gasteiger partial charge in [-0.1, -0.05) is 0 Å². The third-order valence-corrected chi connectivity index (χ3v) is 4.49. The molecule has 5 heteroatoms. The van der Waals surface area contributed by atoms with E-state index in [4.69, 9.17) is 11.5 Å². The van der Waals surface area contributed by atoms with Crippen LogP contribution in [0.2, 0.25) is 0 Å². The van der Waals surface area contributed by atoms with Crippen LogP contribution < -0.4 is 16.4 Å². The van der Waals surface area contributed by atoms with Gasteiger partial charge in [-0.2, -0.15) is 0 Å². The molecular formula is C14H20BrN3O. The number of piperidine rings is 1. The molecule has 0 aliphatic carbocycles. The summed E-state index contributed by atoms with van der Waals surface area (Å²) in [5, 5.41) is 0. The molecule has 1 aromatic rings. The summed E-state index contributed by atoms with van der Waals surface area (Å²) >= 11 is 3.54. The summed E-state index contributed by atoms with van der Waals surface area (Å²) in [7, 11) is 0. The number of amides is 1. The number of rotatable bonds is 3. The predicted octanol–water partition coefficient (Wildman–Crippen LogP) is 2.11. The molecule has 1 fully saturated rings. The molecule has 1 aliphatic heterocycles. The van der Waals surface area contributed by atoms with Gasteiger partial charge in [0.1, 0.15) is 0 Å². The molecule has 4 nitrogen and oxygen atoms in total. The van der Waals surface area contributed by atoms with Gasteiger partial charge in [0.2, 0.25) is 5.91 Å². The van der Waals surface area contributed by atoms with Gasteiger partial charge in [0.05, 0.1) is 5.69 Å². The van der Waals surface area contributed by atoms with E-state index in [-0.39, 0.29) is 0 Å². The number of carbonyl (C=O) groups is 1. The van der Waals surface area contributed by atoms with Crippen LogP contribution in [0.1, 0.15) is 30.1 Å². The van der Waals surface area contributed by atoms with Gasteiger partial charge in [-0.25, -0.2) is 0 Å². The first-order chi connectivity index (χ1) is 9.02. The molecular weight excluding hydrogens is 306 g/mol. The van der Waals surface area contributed by atoms with E-state index >= 15 is 0 Å². The number of hydrogen-bond donors (Lipinski definition) is 2. The van der Waals surface area contributed by atoms with E-state index in [1.54, 1.807) is 12.1 Å². The van der Waals surface area contributed by atoms with E-state index in [1.807, 2.05) is 6.07 Å². The number of anilines is 1. The lowest BCUT2D eigenvalue weighted by atomic mass is 9.93. The minimum Gasteiger partial charge on any atom is -0.368 e. The summed E-state index contributed by atoms with van der Waals surface area (Å²) in [6.45, 7) is 3.91. The first-order valence-corrected chi connectivity index (χ1v) is 7.38. The Morgan fingerprint density at radius 1 is 1.47 bits per heavy atom. The highest BCUT2D eigenvalue weighted by Crippen LogP contribution is 2.33. The summed E-state index contributed by atoms with van der Waals surface area (Å²) < 4.78 is 0.910. The fraction of sp³-hybridized carbons (Fsp3) is 0.500. The molecule has 19 heavy (non-hydrogen) atoms. The van der Waals surface area contributed by atoms with E-state index in [0.29, 0.717) is 17.5 Å². The molecule has 2 atom stereocenters. The van der Waals surface area contributed by atoms with Gasteiger partial charge in [-0.3, -0.25) is 4.79 Å². The fourth-order valence-corrected chi connectivity index (χ4v) is 3.21. The van der Waals surface area contributed by atoms with Gasteiger partial charge >= 0.3 is 0 Å². The van der Waals surface area contributed by atoms with Gasteiger partial charge < -0.3 is 16.4 Å². The number of benzene rings is 1. The Kier molecular flexibility index (Phi) is 4.47. The Hall–Kier alpha value is -1.07. The van der Waals surface area contributed by atoms with Crippen molar-refractivity contribution in [1.29, 1.82) is 0 Å². The zero-order chi connectivity index (χ0) is 14.0. The highest BCUT2D eigenvalue weighted by atomic mass is 79.9. The van der Waals surface area contributed by atoms with Gasteiger partial charge in [-0.15, -0.1) is 0 Å².